The third-order valence-electron chi connectivity index (χ3n) is 4.09. The fraction of sp³-hybridized carbons (Fsp3) is 0.471. The van der Waals surface area contributed by atoms with Crippen molar-refractivity contribution >= 4 is 5.91 Å². The maximum Gasteiger partial charge on any atom is 0.275 e. The van der Waals surface area contributed by atoms with Gasteiger partial charge in [-0.2, -0.15) is 0 Å². The fourth-order valence-corrected chi connectivity index (χ4v) is 2.61. The first-order valence-corrected chi connectivity index (χ1v) is 8.12. The molecule has 3 heterocycles. The van der Waals surface area contributed by atoms with Gasteiger partial charge in [-0.1, -0.05) is 5.16 Å². The van der Waals surface area contributed by atoms with E-state index in [0.29, 0.717) is 24.5 Å². The third kappa shape index (κ3) is 4.39. The summed E-state index contributed by atoms with van der Waals surface area (Å²) in [5.41, 5.74) is 1.51. The van der Waals surface area contributed by atoms with Gasteiger partial charge in [0.25, 0.3) is 5.91 Å². The fourth-order valence-electron chi connectivity index (χ4n) is 2.61. The van der Waals surface area contributed by atoms with Crippen LogP contribution in [0, 0.1) is 0 Å². The standard InChI is InChI=1S/C17H22N4O3/c1-20(7-4-14-2-5-18-6-3-14)17(22)16-12-15(24-19-16)13-21-8-10-23-11-9-21/h2-3,5-6,12H,4,7-11,13H2,1H3. The second kappa shape index (κ2) is 8.03. The van der Waals surface area contributed by atoms with Crippen molar-refractivity contribution in [3.8, 4) is 0 Å². The van der Waals surface area contributed by atoms with Crippen molar-refractivity contribution in [2.75, 3.05) is 39.9 Å². The number of rotatable bonds is 6. The summed E-state index contributed by atoms with van der Waals surface area (Å²) >= 11 is 0. The van der Waals surface area contributed by atoms with E-state index in [4.69, 9.17) is 9.26 Å². The molecule has 7 nitrogen and oxygen atoms in total. The zero-order valence-electron chi connectivity index (χ0n) is 13.9. The molecule has 0 saturated carbocycles. The molecule has 1 amide bonds. The Hall–Kier alpha value is -2.25. The van der Waals surface area contributed by atoms with Gasteiger partial charge in [0.15, 0.2) is 11.5 Å². The highest BCUT2D eigenvalue weighted by molar-refractivity contribution is 5.92. The minimum atomic E-state index is -0.124. The first kappa shape index (κ1) is 16.6. The van der Waals surface area contributed by atoms with Crippen LogP contribution in [-0.4, -0.2) is 65.7 Å². The predicted octanol–water partition coefficient (Wildman–Crippen LogP) is 1.22. The van der Waals surface area contributed by atoms with Gasteiger partial charge in [-0.3, -0.25) is 14.7 Å². The summed E-state index contributed by atoms with van der Waals surface area (Å²) in [4.78, 5) is 20.3. The van der Waals surface area contributed by atoms with Crippen LogP contribution in [0.15, 0.2) is 35.1 Å². The number of aromatic nitrogens is 2. The second-order valence-electron chi connectivity index (χ2n) is 5.90. The Morgan fingerprint density at radius 3 is 2.79 bits per heavy atom. The second-order valence-corrected chi connectivity index (χ2v) is 5.90. The quantitative estimate of drug-likeness (QED) is 0.793. The maximum absolute atomic E-state index is 12.4. The summed E-state index contributed by atoms with van der Waals surface area (Å²) in [6, 6.07) is 5.64. The molecule has 0 spiro atoms. The van der Waals surface area contributed by atoms with Gasteiger partial charge >= 0.3 is 0 Å². The van der Waals surface area contributed by atoms with Crippen molar-refractivity contribution < 1.29 is 14.1 Å². The van der Waals surface area contributed by atoms with Crippen molar-refractivity contribution in [1.29, 1.82) is 0 Å². The molecule has 0 radical (unpaired) electrons. The van der Waals surface area contributed by atoms with Gasteiger partial charge in [-0.15, -0.1) is 0 Å². The lowest BCUT2D eigenvalue weighted by molar-refractivity contribution is 0.0305. The van der Waals surface area contributed by atoms with Crippen LogP contribution >= 0.6 is 0 Å². The SMILES string of the molecule is CN(CCc1ccncc1)C(=O)c1cc(CN2CCOCC2)on1. The summed E-state index contributed by atoms with van der Waals surface area (Å²) in [6.45, 7) is 4.49. The molecule has 3 rings (SSSR count). The maximum atomic E-state index is 12.4. The van der Waals surface area contributed by atoms with E-state index in [9.17, 15) is 4.79 Å². The number of pyridine rings is 1. The van der Waals surface area contributed by atoms with E-state index in [1.165, 1.54) is 0 Å². The van der Waals surface area contributed by atoms with Gasteiger partial charge in [-0.05, 0) is 24.1 Å². The van der Waals surface area contributed by atoms with E-state index in [2.05, 4.69) is 15.0 Å². The van der Waals surface area contributed by atoms with E-state index in [1.54, 1.807) is 30.4 Å². The molecule has 0 N–H and O–H groups in total. The lowest BCUT2D eigenvalue weighted by atomic mass is 10.2. The van der Waals surface area contributed by atoms with Crippen molar-refractivity contribution in [2.24, 2.45) is 0 Å². The summed E-state index contributed by atoms with van der Waals surface area (Å²) in [5, 5.41) is 3.92. The molecule has 2 aromatic rings. The van der Waals surface area contributed by atoms with Crippen LogP contribution in [0.4, 0.5) is 0 Å². The Kier molecular flexibility index (Phi) is 5.55. The first-order valence-electron chi connectivity index (χ1n) is 8.12. The Morgan fingerprint density at radius 1 is 1.29 bits per heavy atom. The number of ether oxygens (including phenoxy) is 1. The normalized spacial score (nSPS) is 15.4. The summed E-state index contributed by atoms with van der Waals surface area (Å²) in [7, 11) is 1.78. The number of amides is 1. The van der Waals surface area contributed by atoms with Crippen molar-refractivity contribution in [3.05, 3.63) is 47.6 Å². The smallest absolute Gasteiger partial charge is 0.275 e. The minimum absolute atomic E-state index is 0.124. The average Bonchev–Trinajstić information content (AvgIpc) is 3.09. The van der Waals surface area contributed by atoms with Crippen LogP contribution in [0.1, 0.15) is 21.8 Å². The molecular weight excluding hydrogens is 308 g/mol. The van der Waals surface area contributed by atoms with E-state index in [-0.39, 0.29) is 5.91 Å². The van der Waals surface area contributed by atoms with Gasteiger partial charge in [-0.25, -0.2) is 0 Å². The highest BCUT2D eigenvalue weighted by Gasteiger charge is 2.19. The lowest BCUT2D eigenvalue weighted by Crippen LogP contribution is -2.35. The lowest BCUT2D eigenvalue weighted by Gasteiger charge is -2.25. The van der Waals surface area contributed by atoms with Crippen molar-refractivity contribution in [2.45, 2.75) is 13.0 Å². The molecular formula is C17H22N4O3. The Balaban J connectivity index is 1.52. The topological polar surface area (TPSA) is 71.7 Å². The van der Waals surface area contributed by atoms with Crippen LogP contribution in [0.25, 0.3) is 0 Å². The van der Waals surface area contributed by atoms with E-state index in [1.807, 2.05) is 12.1 Å². The highest BCUT2D eigenvalue weighted by atomic mass is 16.5. The van der Waals surface area contributed by atoms with E-state index < -0.39 is 0 Å². The molecule has 0 bridgehead atoms. The predicted molar refractivity (Wildman–Crippen MR) is 87.5 cm³/mol. The largest absolute Gasteiger partial charge is 0.379 e. The Morgan fingerprint density at radius 2 is 2.04 bits per heavy atom. The summed E-state index contributed by atoms with van der Waals surface area (Å²) in [5.74, 6) is 0.587. The number of hydrogen-bond donors (Lipinski definition) is 0. The zero-order chi connectivity index (χ0) is 16.8. The molecule has 0 atom stereocenters. The van der Waals surface area contributed by atoms with E-state index in [0.717, 1.165) is 38.3 Å². The molecule has 1 aliphatic heterocycles. The minimum Gasteiger partial charge on any atom is -0.379 e. The summed E-state index contributed by atoms with van der Waals surface area (Å²) in [6.07, 6.45) is 4.29. The molecule has 0 aliphatic carbocycles. The van der Waals surface area contributed by atoms with Crippen LogP contribution in [0.5, 0.6) is 0 Å². The average molecular weight is 330 g/mol. The van der Waals surface area contributed by atoms with E-state index >= 15 is 0 Å². The number of carbonyl (C=O) groups is 1. The number of nitrogens with zero attached hydrogens (tertiary/aromatic N) is 4. The number of likely N-dealkylation sites (N-methyl/N-ethyl adjacent to an activating group) is 1. The molecule has 2 aromatic heterocycles. The Bertz CT molecular complexity index is 653. The number of carbonyl (C=O) groups excluding carboxylic acids is 1. The zero-order valence-corrected chi connectivity index (χ0v) is 13.9. The van der Waals surface area contributed by atoms with Gasteiger partial charge in [0.2, 0.25) is 0 Å². The molecule has 0 aromatic carbocycles. The van der Waals surface area contributed by atoms with Gasteiger partial charge in [0, 0.05) is 45.1 Å². The monoisotopic (exact) mass is 330 g/mol. The molecule has 24 heavy (non-hydrogen) atoms. The highest BCUT2D eigenvalue weighted by Crippen LogP contribution is 2.11. The molecule has 1 fully saturated rings. The van der Waals surface area contributed by atoms with Crippen LogP contribution < -0.4 is 0 Å². The van der Waals surface area contributed by atoms with Gasteiger partial charge < -0.3 is 14.2 Å². The number of hydrogen-bond acceptors (Lipinski definition) is 6. The van der Waals surface area contributed by atoms with Crippen LogP contribution in [-0.2, 0) is 17.7 Å². The van der Waals surface area contributed by atoms with Crippen LogP contribution in [0.3, 0.4) is 0 Å². The van der Waals surface area contributed by atoms with Gasteiger partial charge in [0.1, 0.15) is 0 Å². The van der Waals surface area contributed by atoms with Crippen LogP contribution in [0.2, 0.25) is 0 Å². The van der Waals surface area contributed by atoms with Gasteiger partial charge in [0.05, 0.1) is 19.8 Å². The molecule has 1 aliphatic rings. The molecule has 128 valence electrons. The first-order chi connectivity index (χ1) is 11.7. The molecule has 1 saturated heterocycles. The summed E-state index contributed by atoms with van der Waals surface area (Å²) < 4.78 is 10.6. The van der Waals surface area contributed by atoms with Crippen molar-refractivity contribution in [1.82, 2.24) is 19.9 Å². The molecule has 7 heteroatoms. The molecule has 0 unspecified atom stereocenters. The number of morpholine rings is 1. The Labute approximate surface area is 141 Å². The third-order valence-corrected chi connectivity index (χ3v) is 4.09. The van der Waals surface area contributed by atoms with Crippen molar-refractivity contribution in [3.63, 3.8) is 0 Å².